The minimum absolute atomic E-state index is 0.307. The molecule has 1 aromatic heterocycles. The lowest BCUT2D eigenvalue weighted by atomic mass is 10.1. The van der Waals surface area contributed by atoms with Crippen LogP contribution in [0.15, 0.2) is 48.5 Å². The Morgan fingerprint density at radius 3 is 2.60 bits per heavy atom. The molecule has 0 spiro atoms. The van der Waals surface area contributed by atoms with Crippen molar-refractivity contribution in [2.24, 2.45) is 0 Å². The van der Waals surface area contributed by atoms with Gasteiger partial charge in [0.2, 0.25) is 0 Å². The van der Waals surface area contributed by atoms with E-state index in [0.717, 1.165) is 22.2 Å². The van der Waals surface area contributed by atoms with E-state index in [9.17, 15) is 4.79 Å². The second-order valence-corrected chi connectivity index (χ2v) is 4.90. The van der Waals surface area contributed by atoms with Crippen LogP contribution in [0.1, 0.15) is 10.4 Å². The van der Waals surface area contributed by atoms with Crippen molar-refractivity contribution in [1.82, 2.24) is 4.98 Å². The topological polar surface area (TPSA) is 53.1 Å². The summed E-state index contributed by atoms with van der Waals surface area (Å²) in [5, 5.41) is 10.4. The van der Waals surface area contributed by atoms with Gasteiger partial charge >= 0.3 is 0 Å². The van der Waals surface area contributed by atoms with Crippen LogP contribution in [0.5, 0.6) is 0 Å². The number of aliphatic hydroxyl groups excluding tert-OH is 1. The number of benzene rings is 2. The van der Waals surface area contributed by atoms with Crippen LogP contribution in [0.3, 0.4) is 0 Å². The van der Waals surface area contributed by atoms with E-state index in [2.05, 4.69) is 4.98 Å². The molecule has 100 valence electrons. The molecule has 0 radical (unpaired) electrons. The fraction of sp³-hybridized carbons (Fsp3) is 0.0625. The van der Waals surface area contributed by atoms with Crippen molar-refractivity contribution < 1.29 is 9.90 Å². The number of rotatable bonds is 3. The van der Waals surface area contributed by atoms with E-state index in [1.165, 1.54) is 0 Å². The largest absolute Gasteiger partial charge is 0.388 e. The van der Waals surface area contributed by atoms with Crippen LogP contribution >= 0.6 is 11.6 Å². The van der Waals surface area contributed by atoms with Gasteiger partial charge in [-0.1, -0.05) is 54.1 Å². The van der Waals surface area contributed by atoms with E-state index in [4.69, 9.17) is 16.7 Å². The van der Waals surface area contributed by atoms with E-state index in [1.54, 1.807) is 18.2 Å². The monoisotopic (exact) mass is 285 g/mol. The van der Waals surface area contributed by atoms with Crippen molar-refractivity contribution in [3.8, 4) is 11.3 Å². The summed E-state index contributed by atoms with van der Waals surface area (Å²) < 4.78 is 0. The van der Waals surface area contributed by atoms with Crippen LogP contribution < -0.4 is 0 Å². The molecule has 4 heteroatoms. The number of ketones is 1. The Morgan fingerprint density at radius 1 is 1.15 bits per heavy atom. The molecule has 20 heavy (non-hydrogen) atoms. The highest BCUT2D eigenvalue weighted by Gasteiger charge is 2.13. The highest BCUT2D eigenvalue weighted by molar-refractivity contribution is 6.38. The third kappa shape index (κ3) is 2.11. The maximum atomic E-state index is 11.5. The molecule has 0 atom stereocenters. The van der Waals surface area contributed by atoms with Crippen LogP contribution in [-0.2, 0) is 0 Å². The number of aromatic nitrogens is 1. The number of hydrogen-bond donors (Lipinski definition) is 2. The summed E-state index contributed by atoms with van der Waals surface area (Å²) in [6.07, 6.45) is 0. The number of carbonyl (C=O) groups excluding carboxylic acids is 1. The molecule has 0 amide bonds. The fourth-order valence-corrected chi connectivity index (χ4v) is 2.55. The Hall–Kier alpha value is -2.10. The first-order valence-electron chi connectivity index (χ1n) is 6.21. The summed E-state index contributed by atoms with van der Waals surface area (Å²) in [4.78, 5) is 14.8. The smallest absolute Gasteiger partial charge is 0.188 e. The highest BCUT2D eigenvalue weighted by Crippen LogP contribution is 2.34. The average Bonchev–Trinajstić information content (AvgIpc) is 2.84. The molecule has 0 aliphatic heterocycles. The van der Waals surface area contributed by atoms with E-state index >= 15 is 0 Å². The molecule has 0 bridgehead atoms. The Morgan fingerprint density at radius 2 is 1.90 bits per heavy atom. The maximum absolute atomic E-state index is 11.5. The molecule has 1 heterocycles. The maximum Gasteiger partial charge on any atom is 0.188 e. The normalized spacial score (nSPS) is 10.9. The van der Waals surface area contributed by atoms with Crippen molar-refractivity contribution in [2.45, 2.75) is 0 Å². The first kappa shape index (κ1) is 12.9. The lowest BCUT2D eigenvalue weighted by Gasteiger charge is -1.97. The Kier molecular flexibility index (Phi) is 3.30. The third-order valence-electron chi connectivity index (χ3n) is 3.26. The Labute approximate surface area is 120 Å². The predicted octanol–water partition coefficient (Wildman–Crippen LogP) is 3.66. The lowest BCUT2D eigenvalue weighted by molar-refractivity contribution is 0.0904. The summed E-state index contributed by atoms with van der Waals surface area (Å²) in [6.45, 7) is -0.495. The van der Waals surface area contributed by atoms with Crippen molar-refractivity contribution in [1.29, 1.82) is 0 Å². The van der Waals surface area contributed by atoms with Crippen LogP contribution in [0.2, 0.25) is 5.02 Å². The Bertz CT molecular complexity index is 778. The number of aliphatic hydroxyl groups is 1. The zero-order chi connectivity index (χ0) is 14.1. The fourth-order valence-electron chi connectivity index (χ4n) is 2.23. The molecule has 0 saturated carbocycles. The number of halogens is 1. The van der Waals surface area contributed by atoms with Crippen LogP contribution in [-0.4, -0.2) is 22.5 Å². The Balaban J connectivity index is 2.17. The number of Topliss-reactive ketones (excluding diaryl/α,β-unsaturated/α-hetero) is 1. The summed E-state index contributed by atoms with van der Waals surface area (Å²) in [5.74, 6) is -0.307. The molecule has 2 aromatic carbocycles. The number of nitrogens with one attached hydrogen (secondary N) is 1. The lowest BCUT2D eigenvalue weighted by Crippen LogP contribution is -2.03. The molecule has 0 saturated heterocycles. The first-order valence-corrected chi connectivity index (χ1v) is 6.59. The summed E-state index contributed by atoms with van der Waals surface area (Å²) in [6, 6.07) is 15.0. The molecule has 0 aliphatic rings. The number of aromatic amines is 1. The van der Waals surface area contributed by atoms with Gasteiger partial charge in [-0.2, -0.15) is 0 Å². The molecule has 0 fully saturated rings. The average molecular weight is 286 g/mol. The van der Waals surface area contributed by atoms with Gasteiger partial charge in [0.05, 0.1) is 10.7 Å². The molecular formula is C16H12ClNO2. The molecule has 3 nitrogen and oxygen atoms in total. The summed E-state index contributed by atoms with van der Waals surface area (Å²) in [5.41, 5.74) is 3.07. The van der Waals surface area contributed by atoms with Crippen molar-refractivity contribution >= 4 is 28.3 Å². The van der Waals surface area contributed by atoms with Gasteiger partial charge in [0.25, 0.3) is 0 Å². The van der Waals surface area contributed by atoms with Crippen molar-refractivity contribution in [3.05, 3.63) is 59.1 Å². The SMILES string of the molecule is O=C(CO)c1ccc2c(Cl)c(-c3ccccc3)[nH]c2c1. The van der Waals surface area contributed by atoms with E-state index < -0.39 is 6.61 Å². The second kappa shape index (κ2) is 5.12. The number of H-pyrrole nitrogens is 1. The zero-order valence-electron chi connectivity index (χ0n) is 10.6. The molecule has 3 rings (SSSR count). The number of carbonyl (C=O) groups is 1. The molecule has 0 aliphatic carbocycles. The third-order valence-corrected chi connectivity index (χ3v) is 3.66. The minimum Gasteiger partial charge on any atom is -0.388 e. The number of hydrogen-bond acceptors (Lipinski definition) is 2. The van der Waals surface area contributed by atoms with Gasteiger partial charge in [0.1, 0.15) is 6.61 Å². The van der Waals surface area contributed by atoms with Gasteiger partial charge < -0.3 is 10.1 Å². The first-order chi connectivity index (χ1) is 9.70. The van der Waals surface area contributed by atoms with E-state index in [-0.39, 0.29) is 5.78 Å². The van der Waals surface area contributed by atoms with Gasteiger partial charge in [-0.05, 0) is 11.6 Å². The van der Waals surface area contributed by atoms with Gasteiger partial charge in [-0.25, -0.2) is 0 Å². The molecule has 3 aromatic rings. The van der Waals surface area contributed by atoms with Gasteiger partial charge in [0.15, 0.2) is 5.78 Å². The van der Waals surface area contributed by atoms with Gasteiger partial charge in [-0.15, -0.1) is 0 Å². The quantitative estimate of drug-likeness (QED) is 0.722. The van der Waals surface area contributed by atoms with E-state index in [0.29, 0.717) is 10.6 Å². The molecule has 0 unspecified atom stereocenters. The van der Waals surface area contributed by atoms with Crippen LogP contribution in [0.25, 0.3) is 22.2 Å². The van der Waals surface area contributed by atoms with Crippen molar-refractivity contribution in [3.63, 3.8) is 0 Å². The molecular weight excluding hydrogens is 274 g/mol. The van der Waals surface area contributed by atoms with Crippen molar-refractivity contribution in [2.75, 3.05) is 6.61 Å². The van der Waals surface area contributed by atoms with Gasteiger partial charge in [0, 0.05) is 16.5 Å². The zero-order valence-corrected chi connectivity index (χ0v) is 11.3. The van der Waals surface area contributed by atoms with E-state index in [1.807, 2.05) is 30.3 Å². The minimum atomic E-state index is -0.495. The molecule has 2 N–H and O–H groups in total. The predicted molar refractivity (Wildman–Crippen MR) is 80.2 cm³/mol. The standard InChI is InChI=1S/C16H12ClNO2/c17-15-12-7-6-11(14(20)9-19)8-13(12)18-16(15)10-4-2-1-3-5-10/h1-8,18-19H,9H2. The summed E-state index contributed by atoms with van der Waals surface area (Å²) in [7, 11) is 0. The van der Waals surface area contributed by atoms with Crippen LogP contribution in [0, 0.1) is 0 Å². The highest BCUT2D eigenvalue weighted by atomic mass is 35.5. The number of fused-ring (bicyclic) bond motifs is 1. The van der Waals surface area contributed by atoms with Crippen LogP contribution in [0.4, 0.5) is 0 Å². The van der Waals surface area contributed by atoms with Gasteiger partial charge in [-0.3, -0.25) is 4.79 Å². The second-order valence-electron chi connectivity index (χ2n) is 4.52. The summed E-state index contributed by atoms with van der Waals surface area (Å²) >= 11 is 6.39.